The van der Waals surface area contributed by atoms with Crippen LogP contribution >= 0.6 is 0 Å². The molecule has 0 aliphatic rings. The molecule has 0 aromatic carbocycles. The molecule has 0 radical (unpaired) electrons. The molecule has 0 saturated heterocycles. The van der Waals surface area contributed by atoms with Crippen LogP contribution in [0.3, 0.4) is 0 Å². The average Bonchev–Trinajstić information content (AvgIpc) is 1.90. The van der Waals surface area contributed by atoms with Crippen LogP contribution in [0.2, 0.25) is 0 Å². The van der Waals surface area contributed by atoms with Gasteiger partial charge in [0.1, 0.15) is 0 Å². The van der Waals surface area contributed by atoms with Crippen LogP contribution in [0.25, 0.3) is 0 Å². The minimum Gasteiger partial charge on any atom is -0.450 e. The van der Waals surface area contributed by atoms with Gasteiger partial charge in [0, 0.05) is 34.3 Å². The molecule has 0 atom stereocenters. The van der Waals surface area contributed by atoms with Crippen LogP contribution in [0, 0.1) is 0 Å². The molecule has 0 aromatic rings. The number of carbonyl (C=O) groups is 1. The molecule has 1 amide bonds. The zero-order chi connectivity index (χ0) is 9.11. The first-order chi connectivity index (χ1) is 5.18. The Labute approximate surface area is 88.1 Å². The third kappa shape index (κ3) is 32.6. The first-order valence-electron chi connectivity index (χ1n) is 3.68. The molecule has 0 fully saturated rings. The second-order valence-corrected chi connectivity index (χ2v) is 1.53. The monoisotopic (exact) mass is 358 g/mol. The Hall–Kier alpha value is -0.0817. The van der Waals surface area contributed by atoms with Gasteiger partial charge in [0.15, 0.2) is 0 Å². The predicted octanol–water partition coefficient (Wildman–Crippen LogP) is 1.14. The molecule has 2 N–H and O–H groups in total. The molecule has 0 bridgehead atoms. The van der Waals surface area contributed by atoms with Crippen molar-refractivity contribution in [2.75, 3.05) is 19.8 Å². The van der Waals surface area contributed by atoms with Gasteiger partial charge >= 0.3 is 6.09 Å². The fourth-order valence-corrected chi connectivity index (χ4v) is 0.346. The van der Waals surface area contributed by atoms with E-state index in [1.807, 2.05) is 13.8 Å². The maximum atomic E-state index is 9.60. The second kappa shape index (κ2) is 17.1. The van der Waals surface area contributed by atoms with E-state index in [1.54, 1.807) is 6.92 Å². The summed E-state index contributed by atoms with van der Waals surface area (Å²) >= 11 is 0. The summed E-state index contributed by atoms with van der Waals surface area (Å²) < 4.78 is 9.01. The Balaban J connectivity index is -0.000000126. The van der Waals surface area contributed by atoms with Crippen LogP contribution < -0.4 is 5.73 Å². The second-order valence-electron chi connectivity index (χ2n) is 1.53. The first-order valence-corrected chi connectivity index (χ1v) is 3.68. The molecule has 0 spiro atoms. The largest absolute Gasteiger partial charge is 0.450 e. The number of primary amides is 1. The molecule has 0 aromatic heterocycles. The predicted molar refractivity (Wildman–Crippen MR) is 43.4 cm³/mol. The topological polar surface area (TPSA) is 61.5 Å². The van der Waals surface area contributed by atoms with Crippen molar-refractivity contribution in [3.8, 4) is 0 Å². The fourth-order valence-electron chi connectivity index (χ4n) is 0.346. The number of amides is 1. The Morgan fingerprint density at radius 2 is 1.58 bits per heavy atom. The van der Waals surface area contributed by atoms with Crippen LogP contribution in [0.4, 0.5) is 4.79 Å². The van der Waals surface area contributed by atoms with Crippen LogP contribution in [-0.2, 0) is 30.5 Å². The Kier molecular flexibility index (Phi) is 25.5. The van der Waals surface area contributed by atoms with Gasteiger partial charge in [-0.25, -0.2) is 4.79 Å². The number of ether oxygens (including phenoxy) is 2. The van der Waals surface area contributed by atoms with Gasteiger partial charge in [0.05, 0.1) is 6.61 Å². The van der Waals surface area contributed by atoms with Gasteiger partial charge < -0.3 is 15.2 Å². The van der Waals surface area contributed by atoms with Crippen LogP contribution in [0.1, 0.15) is 20.8 Å². The number of hydrogen-bond acceptors (Lipinski definition) is 3. The molecule has 12 heavy (non-hydrogen) atoms. The van der Waals surface area contributed by atoms with Crippen molar-refractivity contribution in [1.82, 2.24) is 0 Å². The first kappa shape index (κ1) is 17.9. The van der Waals surface area contributed by atoms with E-state index >= 15 is 0 Å². The molecular weight excluding hydrogens is 341 g/mol. The van der Waals surface area contributed by atoms with Crippen LogP contribution in [0.15, 0.2) is 0 Å². The van der Waals surface area contributed by atoms with Gasteiger partial charge in [-0.3, -0.25) is 0 Å². The molecule has 0 aliphatic carbocycles. The summed E-state index contributed by atoms with van der Waals surface area (Å²) in [7, 11) is 0. The van der Waals surface area contributed by atoms with Gasteiger partial charge in [-0.1, -0.05) is 0 Å². The summed E-state index contributed by atoms with van der Waals surface area (Å²) in [6.07, 6.45) is -0.711. The molecule has 5 heteroatoms. The average molecular weight is 358 g/mol. The van der Waals surface area contributed by atoms with Crippen molar-refractivity contribution in [1.29, 1.82) is 0 Å². The minimum absolute atomic E-state index is 0. The molecule has 0 saturated carbocycles. The molecule has 0 unspecified atom stereocenters. The van der Waals surface area contributed by atoms with Gasteiger partial charge in [-0.2, -0.15) is 0 Å². The Morgan fingerprint density at radius 1 is 1.17 bits per heavy atom. The van der Waals surface area contributed by atoms with E-state index in [0.717, 1.165) is 13.2 Å². The number of carbonyl (C=O) groups excluding carboxylic acids is 1. The molecule has 4 nitrogen and oxygen atoms in total. The zero-order valence-electron chi connectivity index (χ0n) is 7.74. The van der Waals surface area contributed by atoms with E-state index in [4.69, 9.17) is 4.74 Å². The van der Waals surface area contributed by atoms with Gasteiger partial charge in [-0.15, -0.1) is 0 Å². The van der Waals surface area contributed by atoms with E-state index in [-0.39, 0.29) is 21.1 Å². The summed E-state index contributed by atoms with van der Waals surface area (Å²) in [5.74, 6) is 0. The van der Waals surface area contributed by atoms with E-state index < -0.39 is 6.09 Å². The minimum atomic E-state index is -0.711. The van der Waals surface area contributed by atoms with E-state index in [0.29, 0.717) is 6.61 Å². The molecule has 78 valence electrons. The summed E-state index contributed by atoms with van der Waals surface area (Å²) in [5, 5.41) is 0. The third-order valence-electron chi connectivity index (χ3n) is 0.695. The standard InChI is InChI=1S/C4H10O.C3H7NO2.Pt/c1-3-5-4-2;1-2-6-3(4)5;/h3-4H2,1-2H3;2H2,1H3,(H2,4,5);. The van der Waals surface area contributed by atoms with E-state index in [9.17, 15) is 4.79 Å². The quantitative estimate of drug-likeness (QED) is 0.823. The Bertz CT molecular complexity index is 88.7. The summed E-state index contributed by atoms with van der Waals surface area (Å²) in [5.41, 5.74) is 4.54. The van der Waals surface area contributed by atoms with Crippen molar-refractivity contribution in [2.45, 2.75) is 20.8 Å². The van der Waals surface area contributed by atoms with E-state index in [2.05, 4.69) is 10.5 Å². The van der Waals surface area contributed by atoms with Crippen LogP contribution in [-0.4, -0.2) is 25.9 Å². The fraction of sp³-hybridized carbons (Fsp3) is 0.857. The van der Waals surface area contributed by atoms with Crippen molar-refractivity contribution >= 4 is 6.09 Å². The molecule has 0 aliphatic heterocycles. The number of rotatable bonds is 3. The summed E-state index contributed by atoms with van der Waals surface area (Å²) in [4.78, 5) is 9.60. The van der Waals surface area contributed by atoms with Crippen molar-refractivity contribution in [3.63, 3.8) is 0 Å². The van der Waals surface area contributed by atoms with Gasteiger partial charge in [-0.05, 0) is 20.8 Å². The molecule has 0 heterocycles. The SMILES string of the molecule is CCOC(N)=O.CCOCC.[Pt]. The number of hydrogen-bond donors (Lipinski definition) is 1. The van der Waals surface area contributed by atoms with Crippen molar-refractivity contribution in [3.05, 3.63) is 0 Å². The third-order valence-corrected chi connectivity index (χ3v) is 0.695. The molecular formula is C7H17NO3Pt. The zero-order valence-corrected chi connectivity index (χ0v) is 10.0. The Morgan fingerprint density at radius 3 is 1.58 bits per heavy atom. The summed E-state index contributed by atoms with van der Waals surface area (Å²) in [6.45, 7) is 7.72. The van der Waals surface area contributed by atoms with Gasteiger partial charge in [0.25, 0.3) is 0 Å². The van der Waals surface area contributed by atoms with Crippen molar-refractivity contribution < 1.29 is 35.3 Å². The smallest absolute Gasteiger partial charge is 0.404 e. The van der Waals surface area contributed by atoms with Crippen molar-refractivity contribution in [2.24, 2.45) is 5.73 Å². The molecule has 0 rings (SSSR count). The summed E-state index contributed by atoms with van der Waals surface area (Å²) in [6, 6.07) is 0. The maximum absolute atomic E-state index is 9.60. The maximum Gasteiger partial charge on any atom is 0.404 e. The van der Waals surface area contributed by atoms with Crippen LogP contribution in [0.5, 0.6) is 0 Å². The van der Waals surface area contributed by atoms with E-state index in [1.165, 1.54) is 0 Å². The van der Waals surface area contributed by atoms with Gasteiger partial charge in [0.2, 0.25) is 0 Å². The number of nitrogens with two attached hydrogens (primary N) is 1. The normalized spacial score (nSPS) is 7.25.